The van der Waals surface area contributed by atoms with Crippen molar-refractivity contribution < 1.29 is 14.3 Å². The summed E-state index contributed by atoms with van der Waals surface area (Å²) in [5.74, 6) is 1.88. The normalized spacial score (nSPS) is 14.4. The Morgan fingerprint density at radius 2 is 1.94 bits per heavy atom. The number of aromatic nitrogens is 1. The Bertz CT molecular complexity index is 1000. The molecular formula is C24H29N3O3S. The average Bonchev–Trinajstić information content (AvgIpc) is 3.02. The van der Waals surface area contributed by atoms with E-state index in [1.807, 2.05) is 30.3 Å². The van der Waals surface area contributed by atoms with Crippen molar-refractivity contribution in [2.75, 3.05) is 26.3 Å². The smallest absolute Gasteiger partial charge is 0.233 e. The van der Waals surface area contributed by atoms with Crippen molar-refractivity contribution in [2.45, 2.75) is 32.7 Å². The number of para-hydroxylation sites is 1. The first-order chi connectivity index (χ1) is 15.1. The maximum absolute atomic E-state index is 12.4. The molecule has 1 atom stereocenters. The summed E-state index contributed by atoms with van der Waals surface area (Å²) in [7, 11) is 0. The molecule has 0 aliphatic carbocycles. The van der Waals surface area contributed by atoms with Gasteiger partial charge in [-0.2, -0.15) is 0 Å². The highest BCUT2D eigenvalue weighted by Crippen LogP contribution is 2.34. The average molecular weight is 440 g/mol. The number of carbonyl (C=O) groups excluding carboxylic acids is 1. The number of nitrogens with zero attached hydrogens (tertiary/aromatic N) is 1. The van der Waals surface area contributed by atoms with E-state index in [2.05, 4.69) is 41.6 Å². The third kappa shape index (κ3) is 5.54. The summed E-state index contributed by atoms with van der Waals surface area (Å²) in [5, 5.41) is 7.45. The van der Waals surface area contributed by atoms with E-state index in [4.69, 9.17) is 9.47 Å². The highest BCUT2D eigenvalue weighted by atomic mass is 32.1. The van der Waals surface area contributed by atoms with Gasteiger partial charge in [0.05, 0.1) is 35.0 Å². The van der Waals surface area contributed by atoms with Gasteiger partial charge in [-0.05, 0) is 35.7 Å². The van der Waals surface area contributed by atoms with E-state index in [0.29, 0.717) is 25.7 Å². The number of carbonyl (C=O) groups is 1. The van der Waals surface area contributed by atoms with Gasteiger partial charge in [-0.15, -0.1) is 11.3 Å². The minimum Gasteiger partial charge on any atom is -0.490 e. The van der Waals surface area contributed by atoms with Crippen molar-refractivity contribution in [1.29, 1.82) is 0 Å². The van der Waals surface area contributed by atoms with Crippen LogP contribution < -0.4 is 20.1 Å². The van der Waals surface area contributed by atoms with E-state index < -0.39 is 0 Å². The first-order valence-corrected chi connectivity index (χ1v) is 11.7. The van der Waals surface area contributed by atoms with Crippen LogP contribution in [-0.4, -0.2) is 37.2 Å². The number of hydrogen-bond acceptors (Lipinski definition) is 6. The summed E-state index contributed by atoms with van der Waals surface area (Å²) >= 11 is 1.68. The minimum atomic E-state index is -0.0129. The van der Waals surface area contributed by atoms with Crippen LogP contribution in [0.3, 0.4) is 0 Å². The van der Waals surface area contributed by atoms with Gasteiger partial charge in [0.15, 0.2) is 11.5 Å². The lowest BCUT2D eigenvalue weighted by Crippen LogP contribution is -2.38. The zero-order chi connectivity index (χ0) is 21.6. The molecule has 2 N–H and O–H groups in total. The largest absolute Gasteiger partial charge is 0.490 e. The van der Waals surface area contributed by atoms with E-state index in [1.165, 1.54) is 4.70 Å². The Morgan fingerprint density at radius 3 is 2.74 bits per heavy atom. The van der Waals surface area contributed by atoms with E-state index in [0.717, 1.165) is 40.4 Å². The van der Waals surface area contributed by atoms with Gasteiger partial charge in [0.25, 0.3) is 0 Å². The molecule has 2 aromatic carbocycles. The molecule has 6 nitrogen and oxygen atoms in total. The second-order valence-electron chi connectivity index (χ2n) is 8.03. The number of benzene rings is 2. The Hall–Kier alpha value is -2.64. The highest BCUT2D eigenvalue weighted by Gasteiger charge is 2.20. The number of rotatable bonds is 8. The molecule has 7 heteroatoms. The van der Waals surface area contributed by atoms with Gasteiger partial charge < -0.3 is 20.1 Å². The van der Waals surface area contributed by atoms with Crippen molar-refractivity contribution in [1.82, 2.24) is 15.6 Å². The monoisotopic (exact) mass is 439 g/mol. The summed E-state index contributed by atoms with van der Waals surface area (Å²) < 4.78 is 12.7. The maximum atomic E-state index is 12.4. The lowest BCUT2D eigenvalue weighted by Gasteiger charge is -2.23. The summed E-state index contributed by atoms with van der Waals surface area (Å²) in [5.41, 5.74) is 2.12. The van der Waals surface area contributed by atoms with E-state index >= 15 is 0 Å². The zero-order valence-corrected chi connectivity index (χ0v) is 18.8. The number of fused-ring (bicyclic) bond motifs is 2. The lowest BCUT2D eigenvalue weighted by atomic mass is 9.95. The van der Waals surface area contributed by atoms with Crippen molar-refractivity contribution >= 4 is 27.5 Å². The molecule has 31 heavy (non-hydrogen) atoms. The third-order valence-corrected chi connectivity index (χ3v) is 6.38. The molecule has 4 rings (SSSR count). The second-order valence-corrected chi connectivity index (χ2v) is 9.15. The van der Waals surface area contributed by atoms with E-state index in [-0.39, 0.29) is 18.5 Å². The molecule has 0 fully saturated rings. The van der Waals surface area contributed by atoms with Gasteiger partial charge in [0, 0.05) is 25.4 Å². The van der Waals surface area contributed by atoms with E-state index in [1.54, 1.807) is 11.3 Å². The molecule has 0 spiro atoms. The van der Waals surface area contributed by atoms with Crippen LogP contribution in [-0.2, 0) is 11.2 Å². The molecule has 1 aliphatic heterocycles. The van der Waals surface area contributed by atoms with Crippen LogP contribution in [0.4, 0.5) is 0 Å². The van der Waals surface area contributed by atoms with Crippen molar-refractivity contribution in [2.24, 2.45) is 5.92 Å². The summed E-state index contributed by atoms with van der Waals surface area (Å²) in [6.45, 7) is 6.47. The van der Waals surface area contributed by atoms with Gasteiger partial charge in [0.1, 0.15) is 0 Å². The quantitative estimate of drug-likeness (QED) is 0.553. The molecule has 2 heterocycles. The molecule has 0 unspecified atom stereocenters. The zero-order valence-electron chi connectivity index (χ0n) is 18.0. The fourth-order valence-corrected chi connectivity index (χ4v) is 4.68. The predicted molar refractivity (Wildman–Crippen MR) is 124 cm³/mol. The van der Waals surface area contributed by atoms with Crippen molar-refractivity contribution in [3.05, 3.63) is 53.0 Å². The fourth-order valence-electron chi connectivity index (χ4n) is 3.71. The fraction of sp³-hybridized carbons (Fsp3) is 0.417. The summed E-state index contributed by atoms with van der Waals surface area (Å²) in [4.78, 5) is 17.0. The first-order valence-electron chi connectivity index (χ1n) is 10.8. The van der Waals surface area contributed by atoms with Gasteiger partial charge >= 0.3 is 0 Å². The molecule has 1 aromatic heterocycles. The molecular weight excluding hydrogens is 410 g/mol. The first kappa shape index (κ1) is 21.6. The number of thiazole rings is 1. The number of hydrogen-bond donors (Lipinski definition) is 2. The number of ether oxygens (including phenoxy) is 2. The minimum absolute atomic E-state index is 0.0129. The predicted octanol–water partition coefficient (Wildman–Crippen LogP) is 4.10. The van der Waals surface area contributed by atoms with Gasteiger partial charge in [0.2, 0.25) is 5.91 Å². The molecule has 0 saturated carbocycles. The number of nitrogens with one attached hydrogen (secondary N) is 2. The van der Waals surface area contributed by atoms with Crippen LogP contribution in [0.15, 0.2) is 42.5 Å². The second kappa shape index (κ2) is 10.1. The van der Waals surface area contributed by atoms with E-state index in [9.17, 15) is 4.79 Å². The Labute approximate surface area is 187 Å². The SMILES string of the molecule is CC(C)[C@@H](NCC(=O)NCCc1nc2ccccc2s1)c1ccc2c(c1)OCCCO2. The summed E-state index contributed by atoms with van der Waals surface area (Å²) in [6.07, 6.45) is 1.62. The van der Waals surface area contributed by atoms with Gasteiger partial charge in [-0.25, -0.2) is 4.98 Å². The highest BCUT2D eigenvalue weighted by molar-refractivity contribution is 7.18. The summed E-state index contributed by atoms with van der Waals surface area (Å²) in [6, 6.07) is 14.2. The van der Waals surface area contributed by atoms with Gasteiger partial charge in [-0.3, -0.25) is 4.79 Å². The third-order valence-electron chi connectivity index (χ3n) is 5.28. The van der Waals surface area contributed by atoms with Crippen molar-refractivity contribution in [3.8, 4) is 11.5 Å². The van der Waals surface area contributed by atoms with Crippen LogP contribution in [0.5, 0.6) is 11.5 Å². The van der Waals surface area contributed by atoms with Crippen molar-refractivity contribution in [3.63, 3.8) is 0 Å². The Balaban J connectivity index is 1.29. The van der Waals surface area contributed by atoms with Crippen LogP contribution in [0.1, 0.15) is 36.9 Å². The molecule has 1 amide bonds. The van der Waals surface area contributed by atoms with Crippen LogP contribution in [0, 0.1) is 5.92 Å². The molecule has 0 saturated heterocycles. The van der Waals surface area contributed by atoms with Crippen LogP contribution in [0.2, 0.25) is 0 Å². The molecule has 0 radical (unpaired) electrons. The Morgan fingerprint density at radius 1 is 1.13 bits per heavy atom. The molecule has 1 aliphatic rings. The lowest BCUT2D eigenvalue weighted by molar-refractivity contribution is -0.120. The topological polar surface area (TPSA) is 72.5 Å². The van der Waals surface area contributed by atoms with Crippen LogP contribution in [0.25, 0.3) is 10.2 Å². The Kier molecular flexibility index (Phi) is 7.04. The molecule has 164 valence electrons. The molecule has 0 bridgehead atoms. The number of amides is 1. The maximum Gasteiger partial charge on any atom is 0.233 e. The van der Waals surface area contributed by atoms with Gasteiger partial charge in [-0.1, -0.05) is 32.0 Å². The van der Waals surface area contributed by atoms with Crippen LogP contribution >= 0.6 is 11.3 Å². The standard InChI is InChI=1S/C24H29N3O3S/c1-16(2)24(17-8-9-19-20(14-17)30-13-5-12-29-19)26-15-22(28)25-11-10-23-27-18-6-3-4-7-21(18)31-23/h3-4,6-9,14,16,24,26H,5,10-13,15H2,1-2H3,(H,25,28)/t24-/m1/s1. The molecule has 3 aromatic rings.